The summed E-state index contributed by atoms with van der Waals surface area (Å²) in [4.78, 5) is 26.4. The summed E-state index contributed by atoms with van der Waals surface area (Å²) >= 11 is 9.28. The molecular formula is C20H22BrClN2O3. The molecule has 0 spiro atoms. The second-order valence-electron chi connectivity index (χ2n) is 5.98. The standard InChI is InChI=1S/C20H22BrClN2O3/c1-14(20(26)23-2)24(11-10-15-6-4-3-5-7-15)19(25)13-27-18-9-8-16(22)12-17(18)21/h3-9,12,14H,10-11,13H2,1-2H3,(H,23,26)/t14-/m0/s1. The van der Waals surface area contributed by atoms with Crippen molar-refractivity contribution in [2.24, 2.45) is 0 Å². The van der Waals surface area contributed by atoms with Crippen LogP contribution in [-0.2, 0) is 16.0 Å². The van der Waals surface area contributed by atoms with Gasteiger partial charge in [0.1, 0.15) is 11.8 Å². The van der Waals surface area contributed by atoms with Crippen LogP contribution in [0.3, 0.4) is 0 Å². The molecule has 0 radical (unpaired) electrons. The lowest BCUT2D eigenvalue weighted by Gasteiger charge is -2.28. The Bertz CT molecular complexity index is 786. The van der Waals surface area contributed by atoms with Crippen LogP contribution in [0.1, 0.15) is 12.5 Å². The Morgan fingerprint density at radius 3 is 2.56 bits per heavy atom. The zero-order valence-corrected chi connectivity index (χ0v) is 17.6. The van der Waals surface area contributed by atoms with Gasteiger partial charge in [0.25, 0.3) is 5.91 Å². The Balaban J connectivity index is 2.06. The van der Waals surface area contributed by atoms with Crippen molar-refractivity contribution in [2.75, 3.05) is 20.2 Å². The average molecular weight is 454 g/mol. The number of amides is 2. The number of nitrogens with zero attached hydrogens (tertiary/aromatic N) is 1. The highest BCUT2D eigenvalue weighted by atomic mass is 79.9. The fraction of sp³-hybridized carbons (Fsp3) is 0.300. The molecule has 5 nitrogen and oxygen atoms in total. The number of carbonyl (C=O) groups is 2. The molecule has 0 aromatic heterocycles. The monoisotopic (exact) mass is 452 g/mol. The SMILES string of the molecule is CNC(=O)[C@H](C)N(CCc1ccccc1)C(=O)COc1ccc(Cl)cc1Br. The first-order valence-corrected chi connectivity index (χ1v) is 9.72. The van der Waals surface area contributed by atoms with Crippen molar-refractivity contribution in [1.29, 1.82) is 0 Å². The molecule has 0 aliphatic rings. The van der Waals surface area contributed by atoms with Crippen LogP contribution in [0, 0.1) is 0 Å². The van der Waals surface area contributed by atoms with Crippen molar-refractivity contribution >= 4 is 39.3 Å². The second kappa shape index (κ2) is 10.3. The Kier molecular flexibility index (Phi) is 8.13. The van der Waals surface area contributed by atoms with E-state index in [1.165, 1.54) is 4.90 Å². The van der Waals surface area contributed by atoms with Gasteiger partial charge in [-0.1, -0.05) is 41.9 Å². The van der Waals surface area contributed by atoms with E-state index in [0.717, 1.165) is 5.56 Å². The van der Waals surface area contributed by atoms with Gasteiger partial charge in [-0.05, 0) is 53.0 Å². The minimum atomic E-state index is -0.594. The summed E-state index contributed by atoms with van der Waals surface area (Å²) in [6.45, 7) is 1.96. The summed E-state index contributed by atoms with van der Waals surface area (Å²) in [6, 6.07) is 14.3. The molecular weight excluding hydrogens is 432 g/mol. The molecule has 0 aliphatic carbocycles. The first kappa shape index (κ1) is 21.3. The van der Waals surface area contributed by atoms with Gasteiger partial charge < -0.3 is 15.0 Å². The lowest BCUT2D eigenvalue weighted by atomic mass is 10.1. The summed E-state index contributed by atoms with van der Waals surface area (Å²) in [6.07, 6.45) is 0.651. The molecule has 2 aromatic rings. The zero-order chi connectivity index (χ0) is 19.8. The van der Waals surface area contributed by atoms with E-state index < -0.39 is 6.04 Å². The highest BCUT2D eigenvalue weighted by Gasteiger charge is 2.25. The fourth-order valence-electron chi connectivity index (χ4n) is 2.59. The number of hydrogen-bond donors (Lipinski definition) is 1. The van der Waals surface area contributed by atoms with E-state index in [2.05, 4.69) is 21.2 Å². The average Bonchev–Trinajstić information content (AvgIpc) is 2.67. The Hall–Kier alpha value is -2.05. The molecule has 0 saturated carbocycles. The van der Waals surface area contributed by atoms with Crippen LogP contribution in [-0.4, -0.2) is 43.0 Å². The summed E-state index contributed by atoms with van der Waals surface area (Å²) in [7, 11) is 1.56. The Morgan fingerprint density at radius 1 is 1.22 bits per heavy atom. The van der Waals surface area contributed by atoms with E-state index in [1.807, 2.05) is 30.3 Å². The van der Waals surface area contributed by atoms with Crippen molar-refractivity contribution in [1.82, 2.24) is 10.2 Å². The molecule has 144 valence electrons. The number of rotatable bonds is 8. The van der Waals surface area contributed by atoms with Gasteiger partial charge in [0.15, 0.2) is 6.61 Å². The van der Waals surface area contributed by atoms with Crippen LogP contribution < -0.4 is 10.1 Å². The number of hydrogen-bond acceptors (Lipinski definition) is 3. The molecule has 0 aliphatic heterocycles. The van der Waals surface area contributed by atoms with Gasteiger partial charge in [-0.3, -0.25) is 9.59 Å². The van der Waals surface area contributed by atoms with Crippen LogP contribution in [0.5, 0.6) is 5.75 Å². The van der Waals surface area contributed by atoms with Crippen LogP contribution in [0.15, 0.2) is 53.0 Å². The first-order valence-electron chi connectivity index (χ1n) is 8.55. The predicted molar refractivity (Wildman–Crippen MR) is 110 cm³/mol. The van der Waals surface area contributed by atoms with E-state index in [1.54, 1.807) is 32.2 Å². The third-order valence-electron chi connectivity index (χ3n) is 4.14. The largest absolute Gasteiger partial charge is 0.483 e. The summed E-state index contributed by atoms with van der Waals surface area (Å²) in [5, 5.41) is 3.16. The molecule has 2 rings (SSSR count). The van der Waals surface area contributed by atoms with E-state index >= 15 is 0 Å². The lowest BCUT2D eigenvalue weighted by molar-refractivity contribution is -0.141. The van der Waals surface area contributed by atoms with Crippen molar-refractivity contribution in [3.05, 3.63) is 63.6 Å². The normalized spacial score (nSPS) is 11.6. The molecule has 7 heteroatoms. The number of benzene rings is 2. The molecule has 0 saturated heterocycles. The van der Waals surface area contributed by atoms with Crippen LogP contribution in [0.4, 0.5) is 0 Å². The number of halogens is 2. The minimum Gasteiger partial charge on any atom is -0.483 e. The minimum absolute atomic E-state index is 0.170. The van der Waals surface area contributed by atoms with Gasteiger partial charge in [0.2, 0.25) is 5.91 Å². The van der Waals surface area contributed by atoms with E-state index in [9.17, 15) is 9.59 Å². The highest BCUT2D eigenvalue weighted by Crippen LogP contribution is 2.28. The van der Waals surface area contributed by atoms with Gasteiger partial charge >= 0.3 is 0 Å². The third kappa shape index (κ3) is 6.26. The maximum absolute atomic E-state index is 12.8. The van der Waals surface area contributed by atoms with Crippen LogP contribution in [0.25, 0.3) is 0 Å². The van der Waals surface area contributed by atoms with Crippen molar-refractivity contribution < 1.29 is 14.3 Å². The molecule has 27 heavy (non-hydrogen) atoms. The number of nitrogens with one attached hydrogen (secondary N) is 1. The lowest BCUT2D eigenvalue weighted by Crippen LogP contribution is -2.49. The van der Waals surface area contributed by atoms with Crippen molar-refractivity contribution in [3.63, 3.8) is 0 Å². The van der Waals surface area contributed by atoms with E-state index in [4.69, 9.17) is 16.3 Å². The van der Waals surface area contributed by atoms with Crippen LogP contribution in [0.2, 0.25) is 5.02 Å². The predicted octanol–water partition coefficient (Wildman–Crippen LogP) is 3.69. The van der Waals surface area contributed by atoms with Gasteiger partial charge in [-0.2, -0.15) is 0 Å². The quantitative estimate of drug-likeness (QED) is 0.663. The highest BCUT2D eigenvalue weighted by molar-refractivity contribution is 9.10. The number of carbonyl (C=O) groups excluding carboxylic acids is 2. The maximum atomic E-state index is 12.8. The summed E-state index contributed by atoms with van der Waals surface area (Å²) in [5.74, 6) is 0.0383. The van der Waals surface area contributed by atoms with E-state index in [-0.39, 0.29) is 18.4 Å². The molecule has 2 amide bonds. The third-order valence-corrected chi connectivity index (χ3v) is 5.00. The molecule has 0 fully saturated rings. The number of ether oxygens (including phenoxy) is 1. The topological polar surface area (TPSA) is 58.6 Å². The van der Waals surface area contributed by atoms with Gasteiger partial charge in [0.05, 0.1) is 4.47 Å². The van der Waals surface area contributed by atoms with Gasteiger partial charge in [-0.25, -0.2) is 0 Å². The van der Waals surface area contributed by atoms with Gasteiger partial charge in [0, 0.05) is 18.6 Å². The maximum Gasteiger partial charge on any atom is 0.261 e. The van der Waals surface area contributed by atoms with Crippen molar-refractivity contribution in [2.45, 2.75) is 19.4 Å². The fourth-order valence-corrected chi connectivity index (χ4v) is 3.39. The van der Waals surface area contributed by atoms with E-state index in [0.29, 0.717) is 28.2 Å². The zero-order valence-electron chi connectivity index (χ0n) is 15.2. The summed E-state index contributed by atoms with van der Waals surface area (Å²) < 4.78 is 6.29. The van der Waals surface area contributed by atoms with Crippen molar-refractivity contribution in [3.8, 4) is 5.75 Å². The molecule has 0 bridgehead atoms. The van der Waals surface area contributed by atoms with Gasteiger partial charge in [-0.15, -0.1) is 0 Å². The first-order chi connectivity index (χ1) is 12.9. The Labute approximate surface area is 172 Å². The smallest absolute Gasteiger partial charge is 0.261 e. The molecule has 0 unspecified atom stereocenters. The molecule has 1 atom stereocenters. The number of likely N-dealkylation sites (N-methyl/N-ethyl adjacent to an activating group) is 1. The Morgan fingerprint density at radius 2 is 1.93 bits per heavy atom. The molecule has 2 aromatic carbocycles. The second-order valence-corrected chi connectivity index (χ2v) is 7.27. The van der Waals surface area contributed by atoms with Crippen LogP contribution >= 0.6 is 27.5 Å². The molecule has 0 heterocycles. The molecule has 1 N–H and O–H groups in total. The summed E-state index contributed by atoms with van der Waals surface area (Å²) in [5.41, 5.74) is 1.10.